The van der Waals surface area contributed by atoms with Crippen LogP contribution in [0.15, 0.2) is 72.5 Å². The Kier molecular flexibility index (Phi) is 10.5. The summed E-state index contributed by atoms with van der Waals surface area (Å²) in [5.41, 5.74) is 3.22. The minimum absolute atomic E-state index is 0.0280. The van der Waals surface area contributed by atoms with Crippen molar-refractivity contribution in [3.63, 3.8) is 0 Å². The Morgan fingerprint density at radius 1 is 1.20 bits per heavy atom. The first-order valence-electron chi connectivity index (χ1n) is 14.3. The van der Waals surface area contributed by atoms with Gasteiger partial charge in [-0.25, -0.2) is 13.1 Å². The molecule has 4 rings (SSSR count). The Labute approximate surface area is 244 Å². The third-order valence-corrected chi connectivity index (χ3v) is 9.26. The average Bonchev–Trinajstić information content (AvgIpc) is 3.37. The highest BCUT2D eigenvalue weighted by molar-refractivity contribution is 7.89. The number of rotatable bonds is 13. The highest BCUT2D eigenvalue weighted by Gasteiger charge is 2.38. The number of allylic oxidation sites excluding steroid dienone is 2. The van der Waals surface area contributed by atoms with Crippen molar-refractivity contribution in [2.75, 3.05) is 39.1 Å². The molecule has 41 heavy (non-hydrogen) atoms. The predicted octanol–water partition coefficient (Wildman–Crippen LogP) is 4.64. The number of methoxy groups -OCH3 is 1. The molecule has 1 fully saturated rings. The zero-order chi connectivity index (χ0) is 29.5. The normalized spacial score (nSPS) is 23.4. The van der Waals surface area contributed by atoms with E-state index in [2.05, 4.69) is 29.6 Å². The van der Waals surface area contributed by atoms with E-state index in [9.17, 15) is 13.2 Å². The van der Waals surface area contributed by atoms with Gasteiger partial charge in [-0.15, -0.1) is 0 Å². The van der Waals surface area contributed by atoms with Gasteiger partial charge in [0.15, 0.2) is 0 Å². The SMILES string of the molecule is COC1CN(C(=O)c2cccc(C)c2)CC1OCC1(C)C=CC=C(CS(=O)(=O)NCCCC(C)c2ccccn2)C1. The van der Waals surface area contributed by atoms with Gasteiger partial charge < -0.3 is 14.4 Å². The average molecular weight is 582 g/mol. The first-order valence-corrected chi connectivity index (χ1v) is 16.0. The number of carbonyl (C=O) groups is 1. The van der Waals surface area contributed by atoms with Crippen LogP contribution in [0.5, 0.6) is 0 Å². The number of sulfonamides is 1. The van der Waals surface area contributed by atoms with E-state index in [0.717, 1.165) is 29.7 Å². The molecule has 4 atom stereocenters. The molecule has 2 heterocycles. The molecule has 1 saturated heterocycles. The second-order valence-electron chi connectivity index (χ2n) is 11.7. The third kappa shape index (κ3) is 8.82. The summed E-state index contributed by atoms with van der Waals surface area (Å²) in [6, 6.07) is 13.5. The summed E-state index contributed by atoms with van der Waals surface area (Å²) >= 11 is 0. The standard InChI is InChI=1S/C32H43N3O5S/c1-24-10-7-13-27(18-24)31(36)35-20-29(39-4)30(21-35)40-23-32(3)15-8-12-26(19-32)22-41(37,38)34-17-9-11-25(2)28-14-5-6-16-33-28/h5-8,10,12-16,18,25,29-30,34H,9,11,17,19-23H2,1-4H3. The summed E-state index contributed by atoms with van der Waals surface area (Å²) in [7, 11) is -1.82. The fourth-order valence-corrected chi connectivity index (χ4v) is 6.80. The van der Waals surface area contributed by atoms with Crippen molar-refractivity contribution in [3.8, 4) is 0 Å². The van der Waals surface area contributed by atoms with E-state index in [1.807, 2.05) is 61.5 Å². The number of amides is 1. The molecule has 0 spiro atoms. The van der Waals surface area contributed by atoms with Crippen molar-refractivity contribution in [2.45, 2.75) is 58.2 Å². The van der Waals surface area contributed by atoms with Crippen LogP contribution in [-0.4, -0.2) is 75.5 Å². The van der Waals surface area contributed by atoms with Crippen molar-refractivity contribution >= 4 is 15.9 Å². The molecular formula is C32H43N3O5S. The van der Waals surface area contributed by atoms with Crippen LogP contribution < -0.4 is 4.72 Å². The van der Waals surface area contributed by atoms with Crippen LogP contribution in [0, 0.1) is 12.3 Å². The maximum atomic E-state index is 13.1. The maximum absolute atomic E-state index is 13.1. The van der Waals surface area contributed by atoms with Crippen LogP contribution in [0.2, 0.25) is 0 Å². The van der Waals surface area contributed by atoms with Gasteiger partial charge in [0.1, 0.15) is 12.2 Å². The van der Waals surface area contributed by atoms with Crippen molar-refractivity contribution in [1.29, 1.82) is 0 Å². The monoisotopic (exact) mass is 581 g/mol. The topological polar surface area (TPSA) is 97.8 Å². The number of aryl methyl sites for hydroxylation is 1. The summed E-state index contributed by atoms with van der Waals surface area (Å²) in [5.74, 6) is 0.212. The lowest BCUT2D eigenvalue weighted by Crippen LogP contribution is -2.35. The summed E-state index contributed by atoms with van der Waals surface area (Å²) in [4.78, 5) is 19.2. The number of hydrogen-bond donors (Lipinski definition) is 1. The van der Waals surface area contributed by atoms with Gasteiger partial charge in [0.25, 0.3) is 5.91 Å². The Bertz CT molecular complexity index is 1340. The molecule has 1 aliphatic carbocycles. The van der Waals surface area contributed by atoms with E-state index in [1.165, 1.54) is 0 Å². The van der Waals surface area contributed by atoms with E-state index in [0.29, 0.717) is 38.2 Å². The lowest BCUT2D eigenvalue weighted by atomic mass is 9.81. The molecule has 2 aliphatic rings. The summed E-state index contributed by atoms with van der Waals surface area (Å²) in [6.07, 6.45) is 9.37. The molecule has 4 unspecified atom stereocenters. The van der Waals surface area contributed by atoms with Crippen LogP contribution in [0.4, 0.5) is 0 Å². The van der Waals surface area contributed by atoms with E-state index in [1.54, 1.807) is 18.2 Å². The van der Waals surface area contributed by atoms with Gasteiger partial charge in [-0.2, -0.15) is 0 Å². The predicted molar refractivity (Wildman–Crippen MR) is 161 cm³/mol. The molecule has 0 saturated carbocycles. The van der Waals surface area contributed by atoms with Gasteiger partial charge in [0.05, 0.1) is 12.4 Å². The van der Waals surface area contributed by atoms with E-state index in [4.69, 9.17) is 9.47 Å². The number of pyridine rings is 1. The Hall–Kier alpha value is -2.85. The van der Waals surface area contributed by atoms with E-state index >= 15 is 0 Å². The first-order chi connectivity index (χ1) is 19.6. The highest BCUT2D eigenvalue weighted by atomic mass is 32.2. The summed E-state index contributed by atoms with van der Waals surface area (Å²) in [5, 5.41) is 0. The molecule has 9 heteroatoms. The van der Waals surface area contributed by atoms with Crippen LogP contribution in [0.25, 0.3) is 0 Å². The molecule has 1 aromatic heterocycles. The molecule has 0 radical (unpaired) electrons. The number of ether oxygens (including phenoxy) is 2. The molecular weight excluding hydrogens is 538 g/mol. The number of carbonyl (C=O) groups excluding carboxylic acids is 1. The number of likely N-dealkylation sites (tertiary alicyclic amines) is 1. The van der Waals surface area contributed by atoms with Gasteiger partial charge in [-0.05, 0) is 56.4 Å². The van der Waals surface area contributed by atoms with Crippen molar-refractivity contribution in [3.05, 3.63) is 89.3 Å². The van der Waals surface area contributed by atoms with Crippen LogP contribution >= 0.6 is 0 Å². The Balaban J connectivity index is 1.24. The lowest BCUT2D eigenvalue weighted by molar-refractivity contribution is -0.0485. The number of benzene rings is 1. The smallest absolute Gasteiger partial charge is 0.254 e. The van der Waals surface area contributed by atoms with Gasteiger partial charge in [-0.3, -0.25) is 9.78 Å². The second-order valence-corrected chi connectivity index (χ2v) is 13.5. The zero-order valence-electron chi connectivity index (χ0n) is 24.6. The molecule has 1 aliphatic heterocycles. The van der Waals surface area contributed by atoms with Crippen molar-refractivity contribution in [2.24, 2.45) is 5.41 Å². The second kappa shape index (κ2) is 13.9. The first kappa shape index (κ1) is 31.1. The fraction of sp³-hybridized carbons (Fsp3) is 0.500. The van der Waals surface area contributed by atoms with Gasteiger partial charge in [0, 0.05) is 49.6 Å². The van der Waals surface area contributed by atoms with E-state index < -0.39 is 10.0 Å². The largest absolute Gasteiger partial charge is 0.377 e. The Morgan fingerprint density at radius 2 is 2.00 bits per heavy atom. The minimum atomic E-state index is -3.46. The molecule has 2 aromatic rings. The van der Waals surface area contributed by atoms with Crippen LogP contribution in [0.1, 0.15) is 60.6 Å². The molecule has 222 valence electrons. The molecule has 8 nitrogen and oxygen atoms in total. The number of hydrogen-bond acceptors (Lipinski definition) is 6. The van der Waals surface area contributed by atoms with Crippen LogP contribution in [-0.2, 0) is 19.5 Å². The fourth-order valence-electron chi connectivity index (χ4n) is 5.55. The quantitative estimate of drug-likeness (QED) is 0.346. The minimum Gasteiger partial charge on any atom is -0.377 e. The van der Waals surface area contributed by atoms with E-state index in [-0.39, 0.29) is 35.2 Å². The lowest BCUT2D eigenvalue weighted by Gasteiger charge is -2.31. The van der Waals surface area contributed by atoms with Gasteiger partial charge >= 0.3 is 0 Å². The van der Waals surface area contributed by atoms with Gasteiger partial charge in [-0.1, -0.05) is 61.4 Å². The summed E-state index contributed by atoms with van der Waals surface area (Å²) in [6.45, 7) is 7.87. The summed E-state index contributed by atoms with van der Waals surface area (Å²) < 4.78 is 40.4. The van der Waals surface area contributed by atoms with Crippen molar-refractivity contribution in [1.82, 2.24) is 14.6 Å². The maximum Gasteiger partial charge on any atom is 0.254 e. The molecule has 1 amide bonds. The number of nitrogens with zero attached hydrogens (tertiary/aromatic N) is 2. The Morgan fingerprint density at radius 3 is 2.73 bits per heavy atom. The van der Waals surface area contributed by atoms with Crippen molar-refractivity contribution < 1.29 is 22.7 Å². The molecule has 0 bridgehead atoms. The van der Waals surface area contributed by atoms with Crippen LogP contribution in [0.3, 0.4) is 0 Å². The zero-order valence-corrected chi connectivity index (χ0v) is 25.4. The molecule has 1 N–H and O–H groups in total. The highest BCUT2D eigenvalue weighted by Crippen LogP contribution is 2.33. The van der Waals surface area contributed by atoms with Gasteiger partial charge in [0.2, 0.25) is 10.0 Å². The number of nitrogens with one attached hydrogen (secondary N) is 1. The third-order valence-electron chi connectivity index (χ3n) is 7.86. The molecule has 1 aromatic carbocycles. The number of aromatic nitrogens is 1.